The van der Waals surface area contributed by atoms with Crippen LogP contribution in [0.25, 0.3) is 11.2 Å². The number of aliphatic hydroxyl groups is 3. The van der Waals surface area contributed by atoms with Crippen LogP contribution in [0.15, 0.2) is 98.6 Å². The summed E-state index contributed by atoms with van der Waals surface area (Å²) < 4.78 is 105. The number of thiazole rings is 1. The average molecular weight is 1940 g/mol. The number of esters is 1. The zero-order valence-electron chi connectivity index (χ0n) is 75.7. The first-order chi connectivity index (χ1) is 62.7. The first kappa shape index (κ1) is 103. The van der Waals surface area contributed by atoms with Crippen molar-refractivity contribution in [3.8, 4) is 5.88 Å². The number of amides is 1. The lowest BCUT2D eigenvalue weighted by Crippen LogP contribution is -2.42. The Bertz CT molecular complexity index is 5330. The average Bonchev–Trinajstić information content (AvgIpc) is 1.61. The number of primary sulfonamides is 1. The number of thioether (sulfide) groups is 1. The Morgan fingerprint density at radius 3 is 2.21 bits per heavy atom. The Morgan fingerprint density at radius 2 is 1.57 bits per heavy atom. The topological polar surface area (TPSA) is 503 Å². The van der Waals surface area contributed by atoms with Crippen LogP contribution in [0.1, 0.15) is 191 Å². The number of hydrogen-bond donors (Lipinski definition) is 10. The number of sulfonamides is 1. The van der Waals surface area contributed by atoms with Gasteiger partial charge in [0.05, 0.1) is 99.0 Å². The van der Waals surface area contributed by atoms with Gasteiger partial charge in [0, 0.05) is 91.7 Å². The van der Waals surface area contributed by atoms with Crippen LogP contribution >= 0.6 is 46.2 Å². The number of β-amino-alcohol motifs (C(OH)–C–C–N with tert-alkyl or cyclic N) is 1. The Hall–Kier alpha value is -8.67. The summed E-state index contributed by atoms with van der Waals surface area (Å²) >= 11 is 5.03. The molecule has 1 amide bonds. The number of aryl methyl sites for hydroxylation is 1. The van der Waals surface area contributed by atoms with Crippen molar-refractivity contribution in [1.82, 2.24) is 53.4 Å². The highest BCUT2D eigenvalue weighted by atomic mass is 32.3. The van der Waals surface area contributed by atoms with E-state index >= 15 is 0 Å². The van der Waals surface area contributed by atoms with Gasteiger partial charge in [0.2, 0.25) is 21.8 Å². The third-order valence-electron chi connectivity index (χ3n) is 23.4. The maximum Gasteiger partial charge on any atom is 0.414 e. The number of methoxy groups -OCH3 is 1. The minimum atomic E-state index is -3.88. The number of imidazole rings is 1. The monoisotopic (exact) mass is 1930 g/mol. The molecule has 4 saturated heterocycles. The van der Waals surface area contributed by atoms with Crippen molar-refractivity contribution in [3.05, 3.63) is 123 Å². The quantitative estimate of drug-likeness (QED) is 0.0178. The molecule has 131 heavy (non-hydrogen) atoms. The van der Waals surface area contributed by atoms with Gasteiger partial charge in [-0.25, -0.2) is 45.9 Å². The summed E-state index contributed by atoms with van der Waals surface area (Å²) in [6, 6.07) is 18.2. The van der Waals surface area contributed by atoms with E-state index in [0.717, 1.165) is 114 Å². The number of ketones is 1. The number of carbonyl (C=O) groups is 3. The molecule has 14 N–H and O–H groups in total. The van der Waals surface area contributed by atoms with Crippen molar-refractivity contribution in [3.63, 3.8) is 0 Å². The zero-order chi connectivity index (χ0) is 94.1. The minimum Gasteiger partial charge on any atom is -0.472 e. The number of sulfone groups is 1. The van der Waals surface area contributed by atoms with E-state index in [1.54, 1.807) is 49.0 Å². The first-order valence-corrected chi connectivity index (χ1v) is 51.3. The first-order valence-electron chi connectivity index (χ1n) is 44.8. The standard InChI is InChI=1S/C17H21FN2O4.C15H20O2.C14H18N6O.C13H24N4O3S.C11H18N2S.C10H16N2O4S3.C8H11N3O3S/c1-12(21)2-4-14-11-20(17(22)24-14)13-3-5-16(15(18)10-13)19-6-8-23-9-7-19;1-17-15(16)14(12-8-4-2-5-9-12)13-10-6-3-7-11-13;15-14-18-12(17-9-2-3-9)11-13(19-14)20(7-16-11)10-4-1-8(5-10)6-21;1-13(2,3)14-8-10(18)9-20-12-11(15-21-16-12)17-4-6-19-7-5-17;1-2-3-4-8-5-6-9-10(7-8)14-11(12)13-9;1-3-12-8-4-6(2)18(13,14)10-7(8)5-9(17-10)19(11,15)16;9-5-1-2-11(8(13)10-5)6-4-15-7(3-12)14-6/h3,5,10,14H,2,4,6-9,11H2,1H3;2,4-5,8-9,13-14H,3,6-7,10-11H2,1H3;1,4,7-10,21H,2-3,5-6H2,(H3,15,17,18,19);10,14,18H,4-9H2,1-3H3;8H,2-7H2,1H3,(H2,12,13);5-6,8,12H,3-4H2,1-2H3,(H2,11,15,16);1-2,6-7,12H,3-4H2,(H2,9,10,13)/t2*14-;8-,10+;10-;8-;6-,8-;6-,7+/m0000101/s1. The summed E-state index contributed by atoms with van der Waals surface area (Å²) in [5, 5.41) is 43.2. The number of halogens is 1. The van der Waals surface area contributed by atoms with Crippen molar-refractivity contribution in [2.24, 2.45) is 22.9 Å². The molecule has 9 aliphatic rings. The Balaban J connectivity index is 0.000000148. The van der Waals surface area contributed by atoms with Gasteiger partial charge in [0.1, 0.15) is 56.3 Å². The van der Waals surface area contributed by atoms with Gasteiger partial charge in [-0.05, 0) is 153 Å². The fourth-order valence-corrected chi connectivity index (χ4v) is 23.1. The van der Waals surface area contributed by atoms with Crippen LogP contribution in [0.3, 0.4) is 0 Å². The van der Waals surface area contributed by atoms with Gasteiger partial charge in [-0.3, -0.25) is 14.3 Å². The SMILES string of the molecule is CC(=O)CC[C@H]1CN(c2ccc(N3CCOCC3)c(F)c2)C(=O)O1.CC(C)(C)NC[C@H](O)COc1nsnc1N1CCOCC1.CCCC[C@@H]1CCc2nc(N)sc2C1.CCN[C@H]1C[C@H](C)S(=O)(=O)c2sc(S(N)(=O)=O)cc21.COC(=O)[C@@H](c1ccccc1)C1CCCCC1.Nc1ccn([C@H]2CS[C@@H](CO)O2)c(=O)n1.Nc1nc(NC2CC2)c2ncn([C@@H]3C=C[C@H](CO)C3)c2n1. The number of morpholine rings is 2. The highest BCUT2D eigenvalue weighted by molar-refractivity contribution is 8.00. The number of benzene rings is 2. The molecule has 11 heterocycles. The van der Waals surface area contributed by atoms with Crippen molar-refractivity contribution in [1.29, 1.82) is 0 Å². The number of rotatable bonds is 26. The third kappa shape index (κ3) is 29.7. The molecule has 5 aliphatic heterocycles. The summed E-state index contributed by atoms with van der Waals surface area (Å²) in [6.07, 6.45) is 24.0. The summed E-state index contributed by atoms with van der Waals surface area (Å²) in [5.41, 5.74) is 21.6. The summed E-state index contributed by atoms with van der Waals surface area (Å²) in [7, 11) is -5.84. The molecule has 10 atom stereocenters. The number of carbonyl (C=O) groups excluding carboxylic acids is 3. The van der Waals surface area contributed by atoms with Crippen molar-refractivity contribution < 1.29 is 79.4 Å². The number of nitrogen functional groups attached to an aromatic ring is 3. The maximum atomic E-state index is 14.5. The second-order valence-corrected chi connectivity index (χ2v) is 42.8. The smallest absolute Gasteiger partial charge is 0.414 e. The number of Topliss-reactive ketones (excluding diaryl/α,β-unsaturated/α-hetero) is 1. The summed E-state index contributed by atoms with van der Waals surface area (Å²) in [5.74, 6) is 4.14. The molecule has 2 saturated carbocycles. The van der Waals surface area contributed by atoms with Gasteiger partial charge in [-0.1, -0.05) is 94.9 Å². The normalized spacial score (nSPS) is 22.1. The van der Waals surface area contributed by atoms with Gasteiger partial charge in [-0.15, -0.1) is 38.8 Å². The zero-order valence-corrected chi connectivity index (χ0v) is 80.6. The predicted octanol–water partition coefficient (Wildman–Crippen LogP) is 10.5. The van der Waals surface area contributed by atoms with Gasteiger partial charge in [0.25, 0.3) is 5.88 Å². The molecule has 6 fully saturated rings. The molecule has 2 aromatic carbocycles. The molecule has 0 radical (unpaired) electrons. The summed E-state index contributed by atoms with van der Waals surface area (Å²) in [4.78, 5) is 74.4. The van der Waals surface area contributed by atoms with Crippen LogP contribution in [0, 0.1) is 23.6 Å². The Labute approximate surface area is 781 Å². The fourth-order valence-electron chi connectivity index (χ4n) is 16.2. The lowest BCUT2D eigenvalue weighted by atomic mass is 9.77. The Kier molecular flexibility index (Phi) is 38.5. The number of anilines is 7. The number of cyclic esters (lactones) is 1. The number of unbranched alkanes of at least 4 members (excludes halogenated alkanes) is 1. The number of aromatic nitrogens is 9. The number of ether oxygens (including phenoxy) is 6. The Morgan fingerprint density at radius 1 is 0.847 bits per heavy atom. The molecular formula is C88H128FN19O17S6. The number of thiophene rings is 1. The lowest BCUT2D eigenvalue weighted by Gasteiger charge is -2.29. The fraction of sp³-hybridized carbons (Fsp3) is 0.602. The molecule has 8 aromatic rings. The van der Waals surface area contributed by atoms with Crippen molar-refractivity contribution in [2.75, 3.05) is 142 Å². The number of nitrogens with zero attached hydrogens (tertiary/aromatic N) is 12. The van der Waals surface area contributed by atoms with E-state index in [4.69, 9.17) is 55.9 Å². The molecular weight excluding hydrogens is 1810 g/mol. The van der Waals surface area contributed by atoms with E-state index in [0.29, 0.717) is 119 Å². The van der Waals surface area contributed by atoms with Crippen LogP contribution in [-0.4, -0.2) is 232 Å². The van der Waals surface area contributed by atoms with Gasteiger partial charge >= 0.3 is 17.8 Å². The highest BCUT2D eigenvalue weighted by Crippen LogP contribution is 2.44. The van der Waals surface area contributed by atoms with Gasteiger partial charge in [0.15, 0.2) is 32.0 Å². The van der Waals surface area contributed by atoms with Crippen molar-refractivity contribution in [2.45, 2.75) is 225 Å². The third-order valence-corrected chi connectivity index (χ3v) is 31.3. The molecule has 720 valence electrons. The van der Waals surface area contributed by atoms with Crippen LogP contribution in [0.2, 0.25) is 0 Å². The second kappa shape index (κ2) is 49.0. The lowest BCUT2D eigenvalue weighted by molar-refractivity contribution is -0.144. The van der Waals surface area contributed by atoms with Crippen LogP contribution in [0.4, 0.5) is 49.1 Å². The van der Waals surface area contributed by atoms with E-state index in [-0.39, 0.29) is 105 Å². The predicted molar refractivity (Wildman–Crippen MR) is 508 cm³/mol. The van der Waals surface area contributed by atoms with E-state index in [2.05, 4.69) is 88.3 Å². The number of nitrogens with one attached hydrogen (secondary N) is 3. The van der Waals surface area contributed by atoms with Crippen LogP contribution in [0.5, 0.6) is 5.88 Å². The molecule has 4 aliphatic carbocycles. The van der Waals surface area contributed by atoms with Crippen LogP contribution in [-0.2, 0) is 66.0 Å². The number of fused-ring (bicyclic) bond motifs is 3. The van der Waals surface area contributed by atoms with Crippen molar-refractivity contribution >= 4 is 135 Å². The molecule has 36 nitrogen and oxygen atoms in total. The van der Waals surface area contributed by atoms with E-state index < -0.39 is 43.0 Å². The molecule has 0 bridgehead atoms. The van der Waals surface area contributed by atoms with Gasteiger partial charge in [-0.2, -0.15) is 19.3 Å². The highest BCUT2D eigenvalue weighted by Gasteiger charge is 2.41. The number of nitrogens with two attached hydrogens (primary N) is 4. The largest absolute Gasteiger partial charge is 0.472 e. The number of hydrogen-bond acceptors (Lipinski definition) is 36. The second-order valence-electron chi connectivity index (χ2n) is 34.6. The van der Waals surface area contributed by atoms with Crippen LogP contribution < -0.4 is 63.4 Å². The number of aliphatic hydroxyl groups excluding tert-OH is 3. The molecule has 0 unspecified atom stereocenters. The van der Waals surface area contributed by atoms with Gasteiger partial charge < -0.3 is 96.1 Å². The minimum absolute atomic E-state index is 0.0257. The van der Waals surface area contributed by atoms with E-state index in [9.17, 15) is 50.6 Å². The van der Waals surface area contributed by atoms with E-state index in [1.807, 2.05) is 52.8 Å². The number of allylic oxidation sites excluding steroid dienone is 1. The molecule has 0 spiro atoms. The summed E-state index contributed by atoms with van der Waals surface area (Å²) in [6.45, 7) is 20.7. The molecule has 6 aromatic heterocycles. The maximum absolute atomic E-state index is 14.5. The molecule has 17 rings (SSSR count). The van der Waals surface area contributed by atoms with E-state index in [1.165, 1.54) is 109 Å². The molecule has 43 heteroatoms.